The van der Waals surface area contributed by atoms with Crippen LogP contribution in [0.1, 0.15) is 40.7 Å². The molecule has 2 aliphatic heterocycles. The van der Waals surface area contributed by atoms with Crippen LogP contribution < -0.4 is 0 Å². The van der Waals surface area contributed by atoms with Crippen LogP contribution in [0.5, 0.6) is 0 Å². The van der Waals surface area contributed by atoms with E-state index in [1.54, 1.807) is 6.20 Å². The van der Waals surface area contributed by atoms with Gasteiger partial charge in [0.1, 0.15) is 5.03 Å². The van der Waals surface area contributed by atoms with Crippen LogP contribution in [0.25, 0.3) is 0 Å². The minimum Gasteiger partial charge on any atom is -0.342 e. The van der Waals surface area contributed by atoms with E-state index in [0.29, 0.717) is 25.2 Å². The zero-order valence-corrected chi connectivity index (χ0v) is 19.9. The molecule has 7 heteroatoms. The van der Waals surface area contributed by atoms with Gasteiger partial charge in [-0.2, -0.15) is 0 Å². The summed E-state index contributed by atoms with van der Waals surface area (Å²) >= 11 is 1.53. The molecule has 6 nitrogen and oxygen atoms in total. The van der Waals surface area contributed by atoms with Crippen LogP contribution in [0, 0.1) is 13.8 Å². The number of pyridine rings is 1. The van der Waals surface area contributed by atoms with Gasteiger partial charge in [-0.3, -0.25) is 14.5 Å². The number of piperazine rings is 1. The first-order valence-electron chi connectivity index (χ1n) is 11.5. The number of likely N-dealkylation sites (tertiary alicyclic amines) is 1. The third kappa shape index (κ3) is 5.51. The number of hydrogen-bond acceptors (Lipinski definition) is 5. The van der Waals surface area contributed by atoms with Crippen molar-refractivity contribution in [2.75, 3.05) is 45.8 Å². The third-order valence-electron chi connectivity index (χ3n) is 6.42. The molecule has 0 saturated carbocycles. The first-order valence-corrected chi connectivity index (χ1v) is 12.3. The second-order valence-corrected chi connectivity index (χ2v) is 9.78. The molecule has 2 aliphatic rings. The summed E-state index contributed by atoms with van der Waals surface area (Å²) in [6.07, 6.45) is 5.19. The summed E-state index contributed by atoms with van der Waals surface area (Å²) in [6, 6.07) is 10.0. The number of piperidine rings is 1. The Morgan fingerprint density at radius 1 is 0.906 bits per heavy atom. The van der Waals surface area contributed by atoms with Crippen molar-refractivity contribution in [1.29, 1.82) is 0 Å². The van der Waals surface area contributed by atoms with Gasteiger partial charge in [-0.25, -0.2) is 4.98 Å². The molecule has 2 amide bonds. The van der Waals surface area contributed by atoms with Crippen molar-refractivity contribution >= 4 is 23.6 Å². The minimum atomic E-state index is 0.0199. The topological polar surface area (TPSA) is 56.8 Å². The lowest BCUT2D eigenvalue weighted by Gasteiger charge is -2.36. The summed E-state index contributed by atoms with van der Waals surface area (Å²) in [5.74, 6) is 0.246. The standard InChI is InChI=1S/C25H32N4O2S/c1-19-8-9-21(17-20(19)2)32-24-22(7-6-10-26-24)25(31)29-15-13-27(14-16-29)18-23(30)28-11-4-3-5-12-28/h6-10,17H,3-5,11-16,18H2,1-2H3. The predicted molar refractivity (Wildman–Crippen MR) is 127 cm³/mol. The number of benzene rings is 1. The summed E-state index contributed by atoms with van der Waals surface area (Å²) in [6.45, 7) is 9.15. The maximum atomic E-state index is 13.3. The fourth-order valence-electron chi connectivity index (χ4n) is 4.24. The molecule has 3 heterocycles. The Morgan fingerprint density at radius 3 is 2.38 bits per heavy atom. The molecule has 1 aromatic heterocycles. The molecule has 0 bridgehead atoms. The van der Waals surface area contributed by atoms with Gasteiger partial charge < -0.3 is 9.80 Å². The Balaban J connectivity index is 1.36. The Morgan fingerprint density at radius 2 is 1.66 bits per heavy atom. The van der Waals surface area contributed by atoms with Gasteiger partial charge in [-0.1, -0.05) is 17.8 Å². The van der Waals surface area contributed by atoms with Crippen LogP contribution in [-0.4, -0.2) is 77.3 Å². The van der Waals surface area contributed by atoms with E-state index in [1.807, 2.05) is 21.9 Å². The second-order valence-electron chi connectivity index (χ2n) is 8.71. The van der Waals surface area contributed by atoms with Crippen LogP contribution in [-0.2, 0) is 4.79 Å². The maximum absolute atomic E-state index is 13.3. The number of carbonyl (C=O) groups is 2. The van der Waals surface area contributed by atoms with Crippen molar-refractivity contribution < 1.29 is 9.59 Å². The van der Waals surface area contributed by atoms with E-state index in [9.17, 15) is 9.59 Å². The van der Waals surface area contributed by atoms with E-state index >= 15 is 0 Å². The number of nitrogens with zero attached hydrogens (tertiary/aromatic N) is 4. The van der Waals surface area contributed by atoms with E-state index in [0.717, 1.165) is 48.9 Å². The van der Waals surface area contributed by atoms with Gasteiger partial charge in [0.2, 0.25) is 5.91 Å². The minimum absolute atomic E-state index is 0.0199. The fourth-order valence-corrected chi connectivity index (χ4v) is 5.21. The van der Waals surface area contributed by atoms with Gasteiger partial charge in [0.25, 0.3) is 5.91 Å². The molecule has 0 aliphatic carbocycles. The predicted octanol–water partition coefficient (Wildman–Crippen LogP) is 3.62. The molecule has 170 valence electrons. The van der Waals surface area contributed by atoms with Gasteiger partial charge in [0, 0.05) is 50.4 Å². The van der Waals surface area contributed by atoms with E-state index in [1.165, 1.54) is 29.3 Å². The summed E-state index contributed by atoms with van der Waals surface area (Å²) in [5, 5.41) is 0.739. The van der Waals surface area contributed by atoms with E-state index in [2.05, 4.69) is 41.9 Å². The second kappa shape index (κ2) is 10.5. The number of aryl methyl sites for hydroxylation is 2. The summed E-state index contributed by atoms with van der Waals surface area (Å²) < 4.78 is 0. The van der Waals surface area contributed by atoms with E-state index in [-0.39, 0.29) is 11.8 Å². The molecular weight excluding hydrogens is 420 g/mol. The van der Waals surface area contributed by atoms with E-state index in [4.69, 9.17) is 0 Å². The van der Waals surface area contributed by atoms with Gasteiger partial charge >= 0.3 is 0 Å². The van der Waals surface area contributed by atoms with Crippen molar-refractivity contribution in [1.82, 2.24) is 19.7 Å². The maximum Gasteiger partial charge on any atom is 0.256 e. The first kappa shape index (κ1) is 22.8. The average Bonchev–Trinajstić information content (AvgIpc) is 2.82. The lowest BCUT2D eigenvalue weighted by Crippen LogP contribution is -2.52. The molecule has 2 saturated heterocycles. The molecular formula is C25H32N4O2S. The van der Waals surface area contributed by atoms with Gasteiger partial charge in [-0.05, 0) is 68.5 Å². The number of rotatable bonds is 5. The fraction of sp³-hybridized carbons (Fsp3) is 0.480. The van der Waals surface area contributed by atoms with Crippen molar-refractivity contribution in [3.63, 3.8) is 0 Å². The average molecular weight is 453 g/mol. The molecule has 2 aromatic rings. The monoisotopic (exact) mass is 452 g/mol. The van der Waals surface area contributed by atoms with E-state index < -0.39 is 0 Å². The Bertz CT molecular complexity index is 966. The molecule has 32 heavy (non-hydrogen) atoms. The molecule has 0 atom stereocenters. The van der Waals surface area contributed by atoms with Gasteiger partial charge in [-0.15, -0.1) is 0 Å². The Kier molecular flexibility index (Phi) is 7.48. The Labute approximate surface area is 195 Å². The zero-order valence-electron chi connectivity index (χ0n) is 19.0. The molecule has 2 fully saturated rings. The van der Waals surface area contributed by atoms with Crippen molar-refractivity contribution in [3.8, 4) is 0 Å². The third-order valence-corrected chi connectivity index (χ3v) is 7.43. The zero-order chi connectivity index (χ0) is 22.5. The highest BCUT2D eigenvalue weighted by molar-refractivity contribution is 7.99. The molecule has 1 aromatic carbocycles. The van der Waals surface area contributed by atoms with Crippen LogP contribution in [0.15, 0.2) is 46.5 Å². The molecule has 0 N–H and O–H groups in total. The first-order chi connectivity index (χ1) is 15.5. The molecule has 0 spiro atoms. The van der Waals surface area contributed by atoms with Gasteiger partial charge in [0.15, 0.2) is 0 Å². The van der Waals surface area contributed by atoms with Crippen molar-refractivity contribution in [2.24, 2.45) is 0 Å². The van der Waals surface area contributed by atoms with Crippen molar-refractivity contribution in [2.45, 2.75) is 43.0 Å². The highest BCUT2D eigenvalue weighted by atomic mass is 32.2. The molecule has 0 radical (unpaired) electrons. The summed E-state index contributed by atoms with van der Waals surface area (Å²) in [4.78, 5) is 37.5. The normalized spacial score (nSPS) is 17.4. The van der Waals surface area contributed by atoms with Crippen LogP contribution in [0.2, 0.25) is 0 Å². The number of amides is 2. The van der Waals surface area contributed by atoms with Crippen LogP contribution in [0.3, 0.4) is 0 Å². The molecule has 0 unspecified atom stereocenters. The van der Waals surface area contributed by atoms with Crippen LogP contribution >= 0.6 is 11.8 Å². The summed E-state index contributed by atoms with van der Waals surface area (Å²) in [5.41, 5.74) is 3.13. The van der Waals surface area contributed by atoms with Crippen molar-refractivity contribution in [3.05, 3.63) is 53.2 Å². The molecule has 4 rings (SSSR count). The highest BCUT2D eigenvalue weighted by Crippen LogP contribution is 2.30. The number of hydrogen-bond donors (Lipinski definition) is 0. The largest absolute Gasteiger partial charge is 0.342 e. The Hall–Kier alpha value is -2.38. The SMILES string of the molecule is Cc1ccc(Sc2ncccc2C(=O)N2CCN(CC(=O)N3CCCCC3)CC2)cc1C. The number of aromatic nitrogens is 1. The number of carbonyl (C=O) groups excluding carboxylic acids is 2. The lowest BCUT2D eigenvalue weighted by molar-refractivity contribution is -0.133. The lowest BCUT2D eigenvalue weighted by atomic mass is 10.1. The smallest absolute Gasteiger partial charge is 0.256 e. The van der Waals surface area contributed by atoms with Gasteiger partial charge in [0.05, 0.1) is 12.1 Å². The highest BCUT2D eigenvalue weighted by Gasteiger charge is 2.27. The summed E-state index contributed by atoms with van der Waals surface area (Å²) in [7, 11) is 0. The quantitative estimate of drug-likeness (QED) is 0.694. The van der Waals surface area contributed by atoms with Crippen LogP contribution in [0.4, 0.5) is 0 Å².